The summed E-state index contributed by atoms with van der Waals surface area (Å²) in [6.07, 6.45) is 67.7. The van der Waals surface area contributed by atoms with Gasteiger partial charge in [0.15, 0.2) is 0 Å². The fourth-order valence-electron chi connectivity index (χ4n) is 9.15. The average Bonchev–Trinajstić information content (AvgIpc) is 3.35. The van der Waals surface area contributed by atoms with Gasteiger partial charge in [0.25, 0.3) is 0 Å². The van der Waals surface area contributed by atoms with Gasteiger partial charge < -0.3 is 39.6 Å². The van der Waals surface area contributed by atoms with Crippen molar-refractivity contribution < 1.29 is 39.6 Å². The van der Waals surface area contributed by atoms with Crippen LogP contribution < -0.4 is 20.4 Å². The number of hydrogen-bond acceptors (Lipinski definition) is 8. The molecule has 0 aromatic carbocycles. The van der Waals surface area contributed by atoms with Gasteiger partial charge in [0, 0.05) is 23.9 Å². The number of carbonyl (C=O) groups is 4. The van der Waals surface area contributed by atoms with Crippen molar-refractivity contribution in [3.8, 4) is 0 Å². The van der Waals surface area contributed by atoms with E-state index in [9.17, 15) is 39.6 Å². The van der Waals surface area contributed by atoms with Gasteiger partial charge in [0.05, 0.1) is 0 Å². The summed E-state index contributed by atoms with van der Waals surface area (Å²) in [5.74, 6) is -3.62. The molecule has 0 heterocycles. The molecule has 0 bridgehead atoms. The number of aliphatic carboxylic acids is 4. The molecule has 0 atom stereocenters. The van der Waals surface area contributed by atoms with Gasteiger partial charge in [-0.3, -0.25) is 0 Å². The van der Waals surface area contributed by atoms with Gasteiger partial charge in [-0.05, 0) is 51.4 Å². The van der Waals surface area contributed by atoms with Gasteiger partial charge in [-0.15, -0.1) is 0 Å². The normalized spacial score (nSPS) is 10.6. The molecule has 8 nitrogen and oxygen atoms in total. The van der Waals surface area contributed by atoms with E-state index in [0.717, 1.165) is 51.4 Å². The Bertz CT molecular complexity index is 872. The van der Waals surface area contributed by atoms with Crippen molar-refractivity contribution in [2.24, 2.45) is 0 Å². The molecule has 0 saturated carbocycles. The van der Waals surface area contributed by atoms with Gasteiger partial charge in [-0.25, -0.2) is 0 Å². The fraction of sp³-hybridized carbons (Fsp3) is 0.923. The number of rotatable bonds is 56. The Morgan fingerprint density at radius 3 is 0.342 bits per heavy atom. The third-order valence-electron chi connectivity index (χ3n) is 13.9. The largest absolute Gasteiger partial charge is 4.00 e. The number of carbonyl (C=O) groups excluding carboxylic acids is 4. The van der Waals surface area contributed by atoms with Crippen molar-refractivity contribution in [3.63, 3.8) is 0 Å². The predicted octanol–water partition coefficient (Wildman–Crippen LogP) is 17.0. The topological polar surface area (TPSA) is 161 Å². The van der Waals surface area contributed by atoms with Crippen molar-refractivity contribution in [1.82, 2.24) is 0 Å². The van der Waals surface area contributed by atoms with E-state index in [1.165, 1.54) is 283 Å². The van der Waals surface area contributed by atoms with Crippen LogP contribution in [0.15, 0.2) is 0 Å². The first-order chi connectivity index (χ1) is 35.1. The molecule has 73 heavy (non-hydrogen) atoms. The average molecular weight is 1030 g/mol. The van der Waals surface area contributed by atoms with Crippen LogP contribution in [-0.4, -0.2) is 23.9 Å². The number of carboxylic acids is 4. The molecule has 0 fully saturated rings. The summed E-state index contributed by atoms with van der Waals surface area (Å²) in [5, 5.41) is 40.8. The zero-order chi connectivity index (χ0) is 53.9. The summed E-state index contributed by atoms with van der Waals surface area (Å²) in [5.41, 5.74) is 0. The maximum Gasteiger partial charge on any atom is 4.00 e. The van der Waals surface area contributed by atoms with E-state index in [4.69, 9.17) is 0 Å². The number of carboxylic acid groups (broad SMARTS) is 4. The third-order valence-corrected chi connectivity index (χ3v) is 13.9. The summed E-state index contributed by atoms with van der Waals surface area (Å²) in [4.78, 5) is 40.8. The minimum Gasteiger partial charge on any atom is -0.550 e. The predicted molar refractivity (Wildman–Crippen MR) is 305 cm³/mol. The second-order valence-electron chi connectivity index (χ2n) is 21.5. The van der Waals surface area contributed by atoms with Gasteiger partial charge >= 0.3 is 7.43 Å². The molecular formula is C65H124O8. The zero-order valence-electron chi connectivity index (χ0n) is 49.4. The van der Waals surface area contributed by atoms with E-state index in [-0.39, 0.29) is 33.1 Å². The summed E-state index contributed by atoms with van der Waals surface area (Å²) >= 11 is 0. The second kappa shape index (κ2) is 76.4. The molecule has 0 aliphatic rings. The summed E-state index contributed by atoms with van der Waals surface area (Å²) in [6, 6.07) is 0. The first-order valence-electron chi connectivity index (χ1n) is 31.9. The fourth-order valence-corrected chi connectivity index (χ4v) is 9.15. The molecule has 0 amide bonds. The van der Waals surface area contributed by atoms with Crippen LogP contribution in [0.2, 0.25) is 0 Å². The Kier molecular flexibility index (Phi) is 83.5. The van der Waals surface area contributed by atoms with Gasteiger partial charge in [0.2, 0.25) is 0 Å². The van der Waals surface area contributed by atoms with E-state index in [2.05, 4.69) is 27.7 Å². The van der Waals surface area contributed by atoms with Crippen molar-refractivity contribution in [3.05, 3.63) is 7.43 Å². The van der Waals surface area contributed by atoms with E-state index in [1.807, 2.05) is 0 Å². The molecule has 0 radical (unpaired) electrons. The van der Waals surface area contributed by atoms with Crippen molar-refractivity contribution >= 4 is 23.9 Å². The first kappa shape index (κ1) is 79.7. The second-order valence-corrected chi connectivity index (χ2v) is 21.5. The Morgan fingerprint density at radius 2 is 0.260 bits per heavy atom. The Morgan fingerprint density at radius 1 is 0.178 bits per heavy atom. The minimum atomic E-state index is -0.905. The Balaban J connectivity index is -0.000000280. The van der Waals surface area contributed by atoms with Crippen LogP contribution in [0.4, 0.5) is 0 Å². The van der Waals surface area contributed by atoms with E-state index in [0.29, 0.717) is 0 Å². The Hall–Kier alpha value is -2.12. The third kappa shape index (κ3) is 96.1. The molecule has 0 N–H and O–H groups in total. The van der Waals surface area contributed by atoms with Crippen molar-refractivity contribution in [1.29, 1.82) is 0 Å². The molecular weight excluding hydrogens is 909 g/mol. The molecule has 0 aromatic rings. The van der Waals surface area contributed by atoms with Crippen LogP contribution in [0.3, 0.4) is 0 Å². The Labute approximate surface area is 456 Å². The zero-order valence-corrected chi connectivity index (χ0v) is 49.4. The van der Waals surface area contributed by atoms with Gasteiger partial charge in [-0.2, -0.15) is 0 Å². The summed E-state index contributed by atoms with van der Waals surface area (Å²) in [7, 11) is 0. The van der Waals surface area contributed by atoms with Crippen LogP contribution in [-0.2, 0) is 19.2 Å². The SMILES string of the molecule is CCCCCCCCCCCCCCCC(=O)[O-].CCCCCCCCCCCCCCCC(=O)[O-].CCCCCCCCCCCCCCCC(=O)[O-].CCCCCCCCCCCCCCCC(=O)[O-].[C+4]. The standard InChI is InChI=1S/4C16H32O2.C/c4*1-2-3-4-5-6-7-8-9-10-11-12-13-14-15-16(17)18;/h4*2-15H2,1H3,(H,17,18);/q;;;;+4/p-4. The molecule has 0 aromatic heterocycles. The molecule has 0 aliphatic heterocycles. The molecule has 0 rings (SSSR count). The molecule has 0 unspecified atom stereocenters. The van der Waals surface area contributed by atoms with Crippen LogP contribution in [0.25, 0.3) is 0 Å². The first-order valence-corrected chi connectivity index (χ1v) is 31.9. The quantitative estimate of drug-likeness (QED) is 0.0544. The number of hydrogen-bond donors (Lipinski definition) is 0. The smallest absolute Gasteiger partial charge is 0.550 e. The maximum absolute atomic E-state index is 10.2. The summed E-state index contributed by atoms with van der Waals surface area (Å²) < 4.78 is 0. The molecule has 432 valence electrons. The summed E-state index contributed by atoms with van der Waals surface area (Å²) in [6.45, 7) is 9.03. The van der Waals surface area contributed by atoms with Crippen LogP contribution in [0.5, 0.6) is 0 Å². The maximum atomic E-state index is 10.2. The van der Waals surface area contributed by atoms with E-state index >= 15 is 0 Å². The van der Waals surface area contributed by atoms with Crippen molar-refractivity contribution in [2.75, 3.05) is 0 Å². The molecule has 0 spiro atoms. The van der Waals surface area contributed by atoms with Crippen LogP contribution >= 0.6 is 0 Å². The minimum absolute atomic E-state index is 0. The van der Waals surface area contributed by atoms with E-state index < -0.39 is 23.9 Å². The van der Waals surface area contributed by atoms with Gasteiger partial charge in [0.1, 0.15) is 0 Å². The van der Waals surface area contributed by atoms with Crippen molar-refractivity contribution in [2.45, 2.75) is 387 Å². The van der Waals surface area contributed by atoms with E-state index in [1.54, 1.807) is 0 Å². The van der Waals surface area contributed by atoms with Crippen LogP contribution in [0, 0.1) is 7.43 Å². The molecule has 0 aliphatic carbocycles. The van der Waals surface area contributed by atoms with Gasteiger partial charge in [-0.1, -0.05) is 336 Å². The monoisotopic (exact) mass is 1030 g/mol. The molecule has 0 saturated heterocycles. The molecule has 8 heteroatoms. The number of unbranched alkanes of at least 4 members (excludes halogenated alkanes) is 48. The van der Waals surface area contributed by atoms with Crippen LogP contribution in [0.1, 0.15) is 387 Å².